The fourth-order valence-corrected chi connectivity index (χ4v) is 11.2. The second-order valence-electron chi connectivity index (χ2n) is 18.1. The maximum absolute atomic E-state index is 2.50. The molecule has 2 nitrogen and oxygen atoms in total. The normalized spacial score (nSPS) is 13.2. The third-order valence-corrected chi connectivity index (χ3v) is 14.4. The zero-order chi connectivity index (χ0) is 44.0. The molecule has 67 heavy (non-hydrogen) atoms. The van der Waals surface area contributed by atoms with Gasteiger partial charge in [-0.05, 0) is 139 Å². The van der Waals surface area contributed by atoms with E-state index in [-0.39, 0.29) is 5.92 Å². The molecule has 0 aliphatic heterocycles. The molecule has 0 bridgehead atoms. The van der Waals surface area contributed by atoms with Crippen LogP contribution in [0.1, 0.15) is 22.6 Å². The van der Waals surface area contributed by atoms with Crippen LogP contribution in [0.5, 0.6) is 0 Å². The molecule has 0 amide bonds. The summed E-state index contributed by atoms with van der Waals surface area (Å²) in [6.45, 7) is 0. The first-order valence-electron chi connectivity index (χ1n) is 23.3. The van der Waals surface area contributed by atoms with Crippen LogP contribution in [0.3, 0.4) is 0 Å². The van der Waals surface area contributed by atoms with Gasteiger partial charge in [0.25, 0.3) is 0 Å². The Morgan fingerprint density at radius 2 is 0.791 bits per heavy atom. The van der Waals surface area contributed by atoms with Crippen LogP contribution in [0.4, 0.5) is 0 Å². The predicted molar refractivity (Wildman–Crippen MR) is 282 cm³/mol. The molecule has 2 heteroatoms. The van der Waals surface area contributed by atoms with E-state index >= 15 is 0 Å². The lowest BCUT2D eigenvalue weighted by atomic mass is 9.88. The fourth-order valence-electron chi connectivity index (χ4n) is 11.2. The van der Waals surface area contributed by atoms with Crippen molar-refractivity contribution in [1.82, 2.24) is 9.13 Å². The summed E-state index contributed by atoms with van der Waals surface area (Å²) in [6, 6.07) is 92.1. The molecule has 0 fully saturated rings. The highest BCUT2D eigenvalue weighted by Crippen LogP contribution is 2.51. The van der Waals surface area contributed by atoms with Crippen molar-refractivity contribution in [2.45, 2.75) is 5.92 Å². The van der Waals surface area contributed by atoms with E-state index in [9.17, 15) is 0 Å². The maximum Gasteiger partial charge on any atom is 0.0544 e. The zero-order valence-corrected chi connectivity index (χ0v) is 36.6. The summed E-state index contributed by atoms with van der Waals surface area (Å²) in [4.78, 5) is 0. The van der Waals surface area contributed by atoms with E-state index in [4.69, 9.17) is 0 Å². The minimum Gasteiger partial charge on any atom is -0.309 e. The topological polar surface area (TPSA) is 9.86 Å². The fraction of sp³-hybridized carbons (Fsp3) is 0.0154. The van der Waals surface area contributed by atoms with Crippen molar-refractivity contribution in [3.8, 4) is 55.9 Å². The molecule has 13 aromatic rings. The Morgan fingerprint density at radius 1 is 0.254 bits per heavy atom. The maximum atomic E-state index is 2.50. The summed E-state index contributed by atoms with van der Waals surface area (Å²) in [6.07, 6.45) is 0. The largest absolute Gasteiger partial charge is 0.309 e. The molecular weight excluding hydrogens is 809 g/mol. The molecule has 312 valence electrons. The van der Waals surface area contributed by atoms with Crippen molar-refractivity contribution in [2.24, 2.45) is 0 Å². The molecule has 0 saturated heterocycles. The van der Waals surface area contributed by atoms with E-state index in [2.05, 4.69) is 258 Å². The lowest BCUT2D eigenvalue weighted by Gasteiger charge is -2.16. The first kappa shape index (κ1) is 37.6. The van der Waals surface area contributed by atoms with Crippen molar-refractivity contribution in [3.63, 3.8) is 0 Å². The summed E-state index contributed by atoms with van der Waals surface area (Å²) in [5.41, 5.74) is 21.0. The minimum absolute atomic E-state index is 0.113. The summed E-state index contributed by atoms with van der Waals surface area (Å²) < 4.78 is 4.92. The number of rotatable bonds is 6. The van der Waals surface area contributed by atoms with Gasteiger partial charge in [0.2, 0.25) is 0 Å². The van der Waals surface area contributed by atoms with Gasteiger partial charge in [0.15, 0.2) is 0 Å². The van der Waals surface area contributed by atoms with Crippen LogP contribution in [-0.4, -0.2) is 9.13 Å². The summed E-state index contributed by atoms with van der Waals surface area (Å²) >= 11 is 0. The molecule has 0 spiro atoms. The molecule has 1 aliphatic rings. The average molecular weight is 851 g/mol. The number of hydrogen-bond acceptors (Lipinski definition) is 0. The highest BCUT2D eigenvalue weighted by atomic mass is 15.0. The quantitative estimate of drug-likeness (QED) is 0.158. The third kappa shape index (κ3) is 5.97. The summed E-state index contributed by atoms with van der Waals surface area (Å²) in [5, 5.41) is 7.49. The lowest BCUT2D eigenvalue weighted by Crippen LogP contribution is -2.00. The SMILES string of the molecule is c1ccc(-c2ccc(C3c4ccccc4-c4cc5c6cc(-c7ccc8c(c7)c7ccccc7n8-c7ccc8ccccc8c7)ccc6n(-c6cccc(-c7ccccc7)c6)c5cc43)cc2)cc1. The van der Waals surface area contributed by atoms with Gasteiger partial charge < -0.3 is 9.13 Å². The number of benzene rings is 11. The van der Waals surface area contributed by atoms with E-state index in [0.717, 1.165) is 5.69 Å². The molecule has 1 aliphatic carbocycles. The highest BCUT2D eigenvalue weighted by molar-refractivity contribution is 6.14. The Morgan fingerprint density at radius 3 is 1.57 bits per heavy atom. The van der Waals surface area contributed by atoms with Crippen LogP contribution in [-0.2, 0) is 0 Å². The molecule has 0 saturated carbocycles. The summed E-state index contributed by atoms with van der Waals surface area (Å²) in [7, 11) is 0. The van der Waals surface area contributed by atoms with Gasteiger partial charge in [0, 0.05) is 38.8 Å². The van der Waals surface area contributed by atoms with Crippen molar-refractivity contribution >= 4 is 54.4 Å². The number of fused-ring (bicyclic) bond motifs is 10. The first-order valence-corrected chi connectivity index (χ1v) is 23.3. The lowest BCUT2D eigenvalue weighted by molar-refractivity contribution is 1.01. The van der Waals surface area contributed by atoms with Gasteiger partial charge in [-0.25, -0.2) is 0 Å². The van der Waals surface area contributed by atoms with Crippen molar-refractivity contribution in [2.75, 3.05) is 0 Å². The second-order valence-corrected chi connectivity index (χ2v) is 18.1. The van der Waals surface area contributed by atoms with Crippen molar-refractivity contribution < 1.29 is 0 Å². The van der Waals surface area contributed by atoms with E-state index in [1.54, 1.807) is 0 Å². The van der Waals surface area contributed by atoms with Crippen molar-refractivity contribution in [1.29, 1.82) is 0 Å². The second kappa shape index (κ2) is 14.9. The highest BCUT2D eigenvalue weighted by Gasteiger charge is 2.31. The molecule has 2 aromatic heterocycles. The Kier molecular flexibility index (Phi) is 8.38. The van der Waals surface area contributed by atoms with E-state index < -0.39 is 0 Å². The van der Waals surface area contributed by atoms with Crippen LogP contribution in [0.15, 0.2) is 249 Å². The Hall–Kier alpha value is -8.72. The van der Waals surface area contributed by atoms with Crippen LogP contribution < -0.4 is 0 Å². The first-order chi connectivity index (χ1) is 33.2. The molecule has 1 atom stereocenters. The molecule has 1 unspecified atom stereocenters. The van der Waals surface area contributed by atoms with E-state index in [1.807, 2.05) is 0 Å². The van der Waals surface area contributed by atoms with Gasteiger partial charge in [-0.2, -0.15) is 0 Å². The molecular formula is C65H42N2. The molecule has 0 N–H and O–H groups in total. The molecule has 14 rings (SSSR count). The van der Waals surface area contributed by atoms with Crippen LogP contribution in [0.2, 0.25) is 0 Å². The van der Waals surface area contributed by atoms with E-state index in [0.29, 0.717) is 0 Å². The van der Waals surface area contributed by atoms with Gasteiger partial charge in [-0.15, -0.1) is 0 Å². The Labute approximate surface area is 388 Å². The molecule has 11 aromatic carbocycles. The van der Waals surface area contributed by atoms with Gasteiger partial charge in [0.05, 0.1) is 22.1 Å². The van der Waals surface area contributed by atoms with Crippen LogP contribution in [0.25, 0.3) is 110 Å². The minimum atomic E-state index is 0.113. The van der Waals surface area contributed by atoms with Gasteiger partial charge in [0.1, 0.15) is 0 Å². The van der Waals surface area contributed by atoms with E-state index in [1.165, 1.54) is 121 Å². The number of nitrogens with zero attached hydrogens (tertiary/aromatic N) is 2. The van der Waals surface area contributed by atoms with Crippen molar-refractivity contribution in [3.05, 3.63) is 265 Å². The molecule has 0 radical (unpaired) electrons. The number of hydrogen-bond donors (Lipinski definition) is 0. The zero-order valence-electron chi connectivity index (χ0n) is 36.6. The third-order valence-electron chi connectivity index (χ3n) is 14.4. The predicted octanol–water partition coefficient (Wildman–Crippen LogP) is 17.2. The number of para-hydroxylation sites is 1. The Bertz CT molecular complexity index is 4080. The molecule has 2 heterocycles. The monoisotopic (exact) mass is 850 g/mol. The average Bonchev–Trinajstić information content (AvgIpc) is 4.03. The van der Waals surface area contributed by atoms with Crippen LogP contribution >= 0.6 is 0 Å². The van der Waals surface area contributed by atoms with Gasteiger partial charge in [-0.1, -0.05) is 182 Å². The smallest absolute Gasteiger partial charge is 0.0544 e. The van der Waals surface area contributed by atoms with Crippen LogP contribution in [0, 0.1) is 0 Å². The Balaban J connectivity index is 0.969. The number of aromatic nitrogens is 2. The summed E-state index contributed by atoms with van der Waals surface area (Å²) in [5.74, 6) is 0.113. The van der Waals surface area contributed by atoms with Gasteiger partial charge in [-0.3, -0.25) is 0 Å². The standard InChI is InChI=1S/C65H42N2/c1-3-14-42(15-4-1)45-26-28-46(29-27-45)65-55-24-10-9-22-53(55)56-40-59-58-39-50(32-35-63(58)67(64(59)41-60(56)65)51-21-13-20-48(36-51)43-16-5-2-6-17-43)49-31-34-62-57(38-49)54-23-11-12-25-61(54)66(62)52-33-30-44-18-7-8-19-47(44)37-52/h1-41,65H. The van der Waals surface area contributed by atoms with Gasteiger partial charge >= 0.3 is 0 Å².